The van der Waals surface area contributed by atoms with Gasteiger partial charge in [0.25, 0.3) is 5.96 Å². The number of hydrazine groups is 1. The molecule has 0 aromatic carbocycles. The van der Waals surface area contributed by atoms with Crippen molar-refractivity contribution in [3.05, 3.63) is 20.6 Å². The van der Waals surface area contributed by atoms with Crippen LogP contribution in [0.25, 0.3) is 10.4 Å². The zero-order chi connectivity index (χ0) is 18.8. The Morgan fingerprint density at radius 1 is 1.48 bits per heavy atom. The lowest BCUT2D eigenvalue weighted by Crippen LogP contribution is -2.50. The molecule has 3 atom stereocenters. The van der Waals surface area contributed by atoms with Crippen molar-refractivity contribution in [2.45, 2.75) is 37.4 Å². The minimum atomic E-state index is -0.910. The molecule has 0 saturated carbocycles. The van der Waals surface area contributed by atoms with Gasteiger partial charge in [0.15, 0.2) is 5.03 Å². The van der Waals surface area contributed by atoms with Gasteiger partial charge in [-0.1, -0.05) is 10.5 Å². The number of carbonyl (C=O) groups excluding carboxylic acids is 2. The van der Waals surface area contributed by atoms with Crippen molar-refractivity contribution in [2.24, 2.45) is 21.6 Å². The fraction of sp³-hybridized carbons (Fsp3) is 0.727. The van der Waals surface area contributed by atoms with Crippen molar-refractivity contribution in [1.29, 1.82) is 0 Å². The zero-order valence-electron chi connectivity index (χ0n) is 13.3. The standard InChI is InChI=1S/C11H20N10O4/c12-9(22)7(2-1-3-15-11(13)19-21(24)25)17-10(23)8-4-6(5-16-8)18-20-14/h6-8,16H,1-5H2,(H2,12,22)(H,17,23)(H3,13,15,19)/t6-,7-,8-/m1/s1. The third-order valence-corrected chi connectivity index (χ3v) is 3.44. The Balaban J connectivity index is 2.44. The van der Waals surface area contributed by atoms with Crippen LogP contribution in [0.1, 0.15) is 19.3 Å². The number of primary amides is 1. The maximum Gasteiger partial charge on any atom is 0.251 e. The third kappa shape index (κ3) is 7.32. The van der Waals surface area contributed by atoms with Crippen LogP contribution in [0.3, 0.4) is 0 Å². The highest BCUT2D eigenvalue weighted by atomic mass is 16.7. The number of nitrogens with zero attached hydrogens (tertiary/aromatic N) is 5. The summed E-state index contributed by atoms with van der Waals surface area (Å²) in [6, 6.07) is -1.80. The average molecular weight is 356 g/mol. The molecule has 1 heterocycles. The van der Waals surface area contributed by atoms with E-state index in [1.165, 1.54) is 0 Å². The Hall–Kier alpha value is -3.12. The highest BCUT2D eigenvalue weighted by molar-refractivity contribution is 5.89. The van der Waals surface area contributed by atoms with Crippen molar-refractivity contribution in [1.82, 2.24) is 16.1 Å². The lowest BCUT2D eigenvalue weighted by molar-refractivity contribution is -0.525. The Morgan fingerprint density at radius 2 is 2.20 bits per heavy atom. The van der Waals surface area contributed by atoms with Gasteiger partial charge >= 0.3 is 0 Å². The minimum Gasteiger partial charge on any atom is -0.368 e. The molecule has 1 saturated heterocycles. The Labute approximate surface area is 142 Å². The molecule has 1 fully saturated rings. The van der Waals surface area contributed by atoms with Gasteiger partial charge in [0.1, 0.15) is 6.04 Å². The summed E-state index contributed by atoms with van der Waals surface area (Å²) in [6.07, 6.45) is 0.852. The lowest BCUT2D eigenvalue weighted by atomic mass is 10.1. The number of aliphatic imine (C=N–C) groups is 1. The molecule has 1 rings (SSSR count). The predicted octanol–water partition coefficient (Wildman–Crippen LogP) is -2.13. The van der Waals surface area contributed by atoms with E-state index >= 15 is 0 Å². The smallest absolute Gasteiger partial charge is 0.251 e. The number of azide groups is 1. The minimum absolute atomic E-state index is 0.118. The number of hydrogen-bond donors (Lipinski definition) is 5. The molecule has 0 aliphatic carbocycles. The van der Waals surface area contributed by atoms with Crippen molar-refractivity contribution in [3.63, 3.8) is 0 Å². The monoisotopic (exact) mass is 356 g/mol. The number of nitrogens with one attached hydrogen (secondary N) is 3. The van der Waals surface area contributed by atoms with Gasteiger partial charge in [0.2, 0.25) is 11.8 Å². The topological polar surface area (TPSA) is 227 Å². The summed E-state index contributed by atoms with van der Waals surface area (Å²) in [5.74, 6) is -1.49. The zero-order valence-corrected chi connectivity index (χ0v) is 13.3. The number of hydrogen-bond acceptors (Lipinski definition) is 7. The summed E-state index contributed by atoms with van der Waals surface area (Å²) < 4.78 is 0. The Morgan fingerprint density at radius 3 is 2.80 bits per heavy atom. The van der Waals surface area contributed by atoms with E-state index < -0.39 is 28.9 Å². The van der Waals surface area contributed by atoms with Gasteiger partial charge in [-0.3, -0.25) is 9.59 Å². The SMILES string of the molecule is [N-]=[N+]=N[C@H]1CN[C@@H](C(=O)N[C@H](CCCN=C(N)N[N+](=O)[O-])C(N)=O)C1. The largest absolute Gasteiger partial charge is 0.368 e. The summed E-state index contributed by atoms with van der Waals surface area (Å²) in [4.78, 5) is 40.1. The molecule has 7 N–H and O–H groups in total. The van der Waals surface area contributed by atoms with Crippen LogP contribution in [0.4, 0.5) is 0 Å². The normalized spacial score (nSPS) is 21.0. The van der Waals surface area contributed by atoms with E-state index in [1.54, 1.807) is 5.43 Å². The molecule has 0 aromatic rings. The molecular weight excluding hydrogens is 336 g/mol. The molecule has 1 aliphatic heterocycles. The van der Waals surface area contributed by atoms with E-state index in [1.807, 2.05) is 0 Å². The summed E-state index contributed by atoms with van der Waals surface area (Å²) in [5.41, 5.74) is 20.6. The van der Waals surface area contributed by atoms with Crippen LogP contribution in [-0.4, -0.2) is 54.0 Å². The quantitative estimate of drug-likeness (QED) is 0.0450. The number of amides is 2. The molecule has 0 bridgehead atoms. The summed E-state index contributed by atoms with van der Waals surface area (Å²) in [5, 5.41) is 18.3. The number of rotatable bonds is 9. The number of guanidine groups is 1. The second-order valence-electron chi connectivity index (χ2n) is 5.30. The maximum absolute atomic E-state index is 12.1. The molecule has 2 amide bonds. The summed E-state index contributed by atoms with van der Waals surface area (Å²) >= 11 is 0. The van der Waals surface area contributed by atoms with Gasteiger partial charge in [-0.15, -0.1) is 0 Å². The Kier molecular flexibility index (Phi) is 7.89. The molecule has 14 nitrogen and oxygen atoms in total. The van der Waals surface area contributed by atoms with Crippen LogP contribution in [0.15, 0.2) is 10.1 Å². The molecule has 1 aliphatic rings. The van der Waals surface area contributed by atoms with Crippen molar-refractivity contribution in [3.8, 4) is 0 Å². The molecule has 0 spiro atoms. The first-order valence-corrected chi connectivity index (χ1v) is 7.41. The highest BCUT2D eigenvalue weighted by Gasteiger charge is 2.30. The van der Waals surface area contributed by atoms with Gasteiger partial charge in [-0.05, 0) is 24.8 Å². The van der Waals surface area contributed by atoms with E-state index in [-0.39, 0.29) is 25.0 Å². The molecule has 0 unspecified atom stereocenters. The second-order valence-corrected chi connectivity index (χ2v) is 5.30. The second kappa shape index (κ2) is 9.89. The van der Waals surface area contributed by atoms with Crippen LogP contribution in [-0.2, 0) is 9.59 Å². The van der Waals surface area contributed by atoms with Crippen molar-refractivity contribution >= 4 is 17.8 Å². The number of carbonyl (C=O) groups is 2. The molecule has 25 heavy (non-hydrogen) atoms. The highest BCUT2D eigenvalue weighted by Crippen LogP contribution is 2.11. The van der Waals surface area contributed by atoms with Gasteiger partial charge in [0, 0.05) is 18.0 Å². The van der Waals surface area contributed by atoms with E-state index in [0.717, 1.165) is 0 Å². The van der Waals surface area contributed by atoms with Crippen molar-refractivity contribution < 1.29 is 14.6 Å². The van der Waals surface area contributed by atoms with Gasteiger partial charge < -0.3 is 22.1 Å². The third-order valence-electron chi connectivity index (χ3n) is 3.44. The first kappa shape index (κ1) is 19.9. The fourth-order valence-electron chi connectivity index (χ4n) is 2.26. The first-order valence-electron chi connectivity index (χ1n) is 7.41. The lowest BCUT2D eigenvalue weighted by Gasteiger charge is -2.18. The number of nitro groups is 1. The molecule has 14 heteroatoms. The van der Waals surface area contributed by atoms with Crippen LogP contribution in [0.5, 0.6) is 0 Å². The van der Waals surface area contributed by atoms with E-state index in [2.05, 4.69) is 25.7 Å². The number of nitrogens with two attached hydrogens (primary N) is 2. The van der Waals surface area contributed by atoms with Gasteiger partial charge in [-0.2, -0.15) is 0 Å². The molecule has 138 valence electrons. The van der Waals surface area contributed by atoms with Gasteiger partial charge in [0.05, 0.1) is 12.1 Å². The molecule has 0 radical (unpaired) electrons. The summed E-state index contributed by atoms with van der Waals surface area (Å²) in [7, 11) is 0. The molecule has 0 aromatic heterocycles. The van der Waals surface area contributed by atoms with Crippen LogP contribution < -0.4 is 27.5 Å². The van der Waals surface area contributed by atoms with E-state index in [4.69, 9.17) is 17.0 Å². The average Bonchev–Trinajstić information content (AvgIpc) is 2.98. The fourth-order valence-corrected chi connectivity index (χ4v) is 2.26. The van der Waals surface area contributed by atoms with E-state index in [9.17, 15) is 19.7 Å². The molecular formula is C11H20N10O4. The van der Waals surface area contributed by atoms with Crippen molar-refractivity contribution in [2.75, 3.05) is 13.1 Å². The van der Waals surface area contributed by atoms with Gasteiger partial charge in [-0.25, -0.2) is 15.1 Å². The summed E-state index contributed by atoms with van der Waals surface area (Å²) in [6.45, 7) is 0.494. The van der Waals surface area contributed by atoms with E-state index in [0.29, 0.717) is 19.4 Å². The van der Waals surface area contributed by atoms with Crippen LogP contribution in [0.2, 0.25) is 0 Å². The van der Waals surface area contributed by atoms with Crippen LogP contribution in [0, 0.1) is 10.1 Å². The Bertz CT molecular complexity index is 587. The predicted molar refractivity (Wildman–Crippen MR) is 86.3 cm³/mol. The first-order chi connectivity index (χ1) is 11.8. The maximum atomic E-state index is 12.1. The van der Waals surface area contributed by atoms with Crippen LogP contribution >= 0.6 is 0 Å².